The van der Waals surface area contributed by atoms with Crippen LogP contribution in [0, 0.1) is 0 Å². The van der Waals surface area contributed by atoms with Crippen molar-refractivity contribution < 1.29 is 9.58 Å². The van der Waals surface area contributed by atoms with Crippen molar-refractivity contribution in [1.82, 2.24) is 0 Å². The molecule has 0 aromatic rings. The van der Waals surface area contributed by atoms with E-state index < -0.39 is 0 Å². The molecule has 0 spiro atoms. The fraction of sp³-hybridized carbons (Fsp3) is 0.900. The molecule has 0 aromatic carbocycles. The largest absolute Gasteiger partial charge is 0.375 e. The number of nitrogens with zero attached hydrogens (tertiary/aromatic N) is 4. The molecule has 4 heteroatoms. The van der Waals surface area contributed by atoms with Crippen LogP contribution in [0.2, 0.25) is 0 Å². The predicted octanol–water partition coefficient (Wildman–Crippen LogP) is 6.61. The molecular formula is C20H38N4. The van der Waals surface area contributed by atoms with Gasteiger partial charge in [-0.2, -0.15) is 9.58 Å². The lowest BCUT2D eigenvalue weighted by Crippen LogP contribution is -2.15. The first-order chi connectivity index (χ1) is 11.8. The van der Waals surface area contributed by atoms with E-state index in [1.54, 1.807) is 0 Å². The van der Waals surface area contributed by atoms with E-state index in [0.29, 0.717) is 24.3 Å². The first-order valence-corrected chi connectivity index (χ1v) is 10.2. The standard InChI is InChI=1S/C20H38N4/c1-3-5-6-7-8-9-10-11-12-13-14-15-16-17-18-20(24-22)19(4-2)23-21/h3-18H2,1-2H3. The maximum absolute atomic E-state index is 8.96. The Morgan fingerprint density at radius 2 is 0.917 bits per heavy atom. The lowest BCUT2D eigenvalue weighted by Gasteiger charge is -2.02. The Kier molecular flexibility index (Phi) is 17.2. The van der Waals surface area contributed by atoms with Gasteiger partial charge in [-0.1, -0.05) is 97.3 Å². The minimum Gasteiger partial charge on any atom is -0.361 e. The molecule has 24 heavy (non-hydrogen) atoms. The summed E-state index contributed by atoms with van der Waals surface area (Å²) in [6.45, 7) is 4.16. The zero-order valence-corrected chi connectivity index (χ0v) is 16.1. The number of hydrogen-bond acceptors (Lipinski definition) is 0. The van der Waals surface area contributed by atoms with E-state index in [9.17, 15) is 0 Å². The quantitative estimate of drug-likeness (QED) is 0.124. The number of rotatable bonds is 17. The van der Waals surface area contributed by atoms with Gasteiger partial charge >= 0.3 is 11.4 Å². The Morgan fingerprint density at radius 1 is 0.542 bits per heavy atom. The average molecular weight is 335 g/mol. The van der Waals surface area contributed by atoms with E-state index in [0.717, 1.165) is 12.8 Å². The third kappa shape index (κ3) is 13.2. The highest BCUT2D eigenvalue weighted by molar-refractivity contribution is 6.37. The highest BCUT2D eigenvalue weighted by atomic mass is 14.9. The van der Waals surface area contributed by atoms with Gasteiger partial charge in [0.05, 0.1) is 12.8 Å². The molecule has 0 amide bonds. The van der Waals surface area contributed by atoms with Crippen LogP contribution < -0.4 is 0 Å². The van der Waals surface area contributed by atoms with Crippen LogP contribution in [0.25, 0.3) is 11.1 Å². The lowest BCUT2D eigenvalue weighted by molar-refractivity contribution is -0.0280. The lowest BCUT2D eigenvalue weighted by atomic mass is 10.0. The summed E-state index contributed by atoms with van der Waals surface area (Å²) in [6.07, 6.45) is 19.9. The van der Waals surface area contributed by atoms with Crippen LogP contribution in [0.5, 0.6) is 0 Å². The van der Waals surface area contributed by atoms with Gasteiger partial charge in [0.15, 0.2) is 0 Å². The normalized spacial score (nSPS) is 10.2. The molecule has 0 N–H and O–H groups in total. The van der Waals surface area contributed by atoms with Crippen LogP contribution >= 0.6 is 0 Å². The molecule has 4 nitrogen and oxygen atoms in total. The molecule has 0 fully saturated rings. The third-order valence-electron chi connectivity index (χ3n) is 4.68. The maximum atomic E-state index is 8.96. The van der Waals surface area contributed by atoms with E-state index in [-0.39, 0.29) is 0 Å². The van der Waals surface area contributed by atoms with Crippen molar-refractivity contribution in [3.63, 3.8) is 0 Å². The van der Waals surface area contributed by atoms with Gasteiger partial charge < -0.3 is 11.1 Å². The van der Waals surface area contributed by atoms with E-state index >= 15 is 0 Å². The van der Waals surface area contributed by atoms with E-state index in [1.807, 2.05) is 6.92 Å². The van der Waals surface area contributed by atoms with Crippen molar-refractivity contribution >= 4 is 11.4 Å². The van der Waals surface area contributed by atoms with E-state index in [1.165, 1.54) is 77.0 Å². The molecule has 0 heterocycles. The van der Waals surface area contributed by atoms with Gasteiger partial charge in [0, 0.05) is 0 Å². The first kappa shape index (κ1) is 22.8. The van der Waals surface area contributed by atoms with Crippen LogP contribution in [0.4, 0.5) is 0 Å². The second-order valence-electron chi connectivity index (χ2n) is 6.79. The molecule has 0 aliphatic carbocycles. The molecule has 0 aromatic heterocycles. The maximum Gasteiger partial charge on any atom is 0.375 e. The van der Waals surface area contributed by atoms with Crippen molar-refractivity contribution in [3.05, 3.63) is 11.1 Å². The van der Waals surface area contributed by atoms with Crippen LogP contribution in [0.15, 0.2) is 0 Å². The van der Waals surface area contributed by atoms with E-state index in [4.69, 9.17) is 11.1 Å². The zero-order valence-electron chi connectivity index (χ0n) is 16.1. The topological polar surface area (TPSA) is 72.8 Å². The predicted molar refractivity (Wildman–Crippen MR) is 102 cm³/mol. The van der Waals surface area contributed by atoms with Crippen LogP contribution in [-0.4, -0.2) is 21.0 Å². The number of unbranched alkanes of at least 4 members (excludes halogenated alkanes) is 13. The summed E-state index contributed by atoms with van der Waals surface area (Å²) in [7, 11) is 0. The molecule has 0 aliphatic rings. The van der Waals surface area contributed by atoms with Gasteiger partial charge in [0.25, 0.3) is 0 Å². The SMILES string of the molecule is CCCCCCCCCCCCCCCCC(=[N+]=[N-])C(CC)=[N+]=[N-]. The summed E-state index contributed by atoms with van der Waals surface area (Å²) in [4.78, 5) is 6.44. The smallest absolute Gasteiger partial charge is 0.361 e. The Balaban J connectivity index is 3.37. The summed E-state index contributed by atoms with van der Waals surface area (Å²) in [5.74, 6) is 0. The fourth-order valence-electron chi connectivity index (χ4n) is 3.07. The van der Waals surface area contributed by atoms with Crippen molar-refractivity contribution in [3.8, 4) is 0 Å². The molecule has 0 saturated heterocycles. The molecule has 0 aliphatic heterocycles. The second kappa shape index (κ2) is 18.1. The Morgan fingerprint density at radius 3 is 1.25 bits per heavy atom. The summed E-state index contributed by atoms with van der Waals surface area (Å²) in [5, 5.41) is 0. The monoisotopic (exact) mass is 334 g/mol. The van der Waals surface area contributed by atoms with Gasteiger partial charge in [-0.15, -0.1) is 0 Å². The average Bonchev–Trinajstić information content (AvgIpc) is 2.61. The summed E-state index contributed by atoms with van der Waals surface area (Å²) in [6, 6.07) is 0. The molecule has 138 valence electrons. The minimum absolute atomic E-state index is 0.493. The van der Waals surface area contributed by atoms with Crippen LogP contribution in [-0.2, 0) is 0 Å². The van der Waals surface area contributed by atoms with Crippen LogP contribution in [0.3, 0.4) is 0 Å². The van der Waals surface area contributed by atoms with Gasteiger partial charge in [0.1, 0.15) is 0 Å². The summed E-state index contributed by atoms with van der Waals surface area (Å²) >= 11 is 0. The zero-order chi connectivity index (χ0) is 17.9. The van der Waals surface area contributed by atoms with Crippen molar-refractivity contribution in [1.29, 1.82) is 0 Å². The molecule has 0 bridgehead atoms. The molecule has 0 rings (SSSR count). The second-order valence-corrected chi connectivity index (χ2v) is 6.79. The van der Waals surface area contributed by atoms with Crippen LogP contribution in [0.1, 0.15) is 117 Å². The van der Waals surface area contributed by atoms with Gasteiger partial charge in [-0.25, -0.2) is 0 Å². The van der Waals surface area contributed by atoms with Crippen molar-refractivity contribution in [2.45, 2.75) is 117 Å². The molecule has 0 atom stereocenters. The van der Waals surface area contributed by atoms with Crippen molar-refractivity contribution in [2.24, 2.45) is 0 Å². The Labute approximate surface area is 149 Å². The van der Waals surface area contributed by atoms with E-state index in [2.05, 4.69) is 16.5 Å². The molecule has 0 saturated carbocycles. The van der Waals surface area contributed by atoms with Crippen molar-refractivity contribution in [2.75, 3.05) is 0 Å². The third-order valence-corrected chi connectivity index (χ3v) is 4.68. The first-order valence-electron chi connectivity index (χ1n) is 10.2. The highest BCUT2D eigenvalue weighted by Gasteiger charge is 2.22. The Bertz CT molecular complexity index is 390. The minimum atomic E-state index is 0.493. The highest BCUT2D eigenvalue weighted by Crippen LogP contribution is 2.13. The fourth-order valence-corrected chi connectivity index (χ4v) is 3.07. The Hall–Kier alpha value is -1.24. The van der Waals surface area contributed by atoms with Gasteiger partial charge in [-0.3, -0.25) is 0 Å². The van der Waals surface area contributed by atoms with Gasteiger partial charge in [0.2, 0.25) is 0 Å². The molecular weight excluding hydrogens is 296 g/mol. The number of hydrogen-bond donors (Lipinski definition) is 0. The van der Waals surface area contributed by atoms with Gasteiger partial charge in [-0.05, 0) is 6.42 Å². The molecule has 0 unspecified atom stereocenters. The summed E-state index contributed by atoms with van der Waals surface area (Å²) < 4.78 is 0. The summed E-state index contributed by atoms with van der Waals surface area (Å²) in [5.41, 5.74) is 18.8. The molecule has 0 radical (unpaired) electrons.